The molecule has 2 saturated heterocycles. The Morgan fingerprint density at radius 1 is 1.33 bits per heavy atom. The van der Waals surface area contributed by atoms with Gasteiger partial charge in [0.15, 0.2) is 0 Å². The first kappa shape index (κ1) is 12.4. The van der Waals surface area contributed by atoms with Crippen LogP contribution in [0.2, 0.25) is 0 Å². The Morgan fingerprint density at radius 2 is 2.17 bits per heavy atom. The van der Waals surface area contributed by atoms with Crippen molar-refractivity contribution < 1.29 is 9.53 Å². The number of carbonyl (C=O) groups is 1. The van der Waals surface area contributed by atoms with Gasteiger partial charge in [0.1, 0.15) is 0 Å². The largest absolute Gasteiger partial charge is 0.381 e. The maximum absolute atomic E-state index is 12.5. The van der Waals surface area contributed by atoms with E-state index in [9.17, 15) is 4.79 Å². The number of carbonyl (C=O) groups excluding carboxylic acids is 1. The maximum Gasteiger partial charge on any atom is 0.239 e. The van der Waals surface area contributed by atoms with Crippen molar-refractivity contribution in [1.82, 2.24) is 10.2 Å². The van der Waals surface area contributed by atoms with E-state index in [1.54, 1.807) is 0 Å². The molecule has 3 fully saturated rings. The van der Waals surface area contributed by atoms with Crippen LogP contribution in [0.15, 0.2) is 0 Å². The highest BCUT2D eigenvalue weighted by molar-refractivity contribution is 5.83. The fourth-order valence-electron chi connectivity index (χ4n) is 3.18. The summed E-state index contributed by atoms with van der Waals surface area (Å²) in [7, 11) is 0. The number of piperidine rings is 1. The van der Waals surface area contributed by atoms with Gasteiger partial charge in [-0.25, -0.2) is 0 Å². The first-order valence-electron chi connectivity index (χ1n) is 7.40. The Morgan fingerprint density at radius 3 is 2.83 bits per heavy atom. The van der Waals surface area contributed by atoms with Crippen LogP contribution < -0.4 is 5.32 Å². The second kappa shape index (κ2) is 5.17. The van der Waals surface area contributed by atoms with Crippen molar-refractivity contribution in [2.75, 3.05) is 19.8 Å². The van der Waals surface area contributed by atoms with Crippen LogP contribution in [0.5, 0.6) is 0 Å². The van der Waals surface area contributed by atoms with Crippen molar-refractivity contribution in [1.29, 1.82) is 0 Å². The number of hydrogen-bond donors (Lipinski definition) is 1. The molecule has 1 N–H and O–H groups in total. The third-order valence-electron chi connectivity index (χ3n) is 4.63. The first-order valence-corrected chi connectivity index (χ1v) is 7.40. The van der Waals surface area contributed by atoms with Crippen LogP contribution in [0.1, 0.15) is 39.0 Å². The van der Waals surface area contributed by atoms with E-state index in [1.807, 2.05) is 0 Å². The van der Waals surface area contributed by atoms with E-state index in [0.29, 0.717) is 23.9 Å². The highest BCUT2D eigenvalue weighted by atomic mass is 16.5. The molecule has 0 radical (unpaired) electrons. The summed E-state index contributed by atoms with van der Waals surface area (Å²) < 4.78 is 5.45. The smallest absolute Gasteiger partial charge is 0.239 e. The lowest BCUT2D eigenvalue weighted by molar-refractivity contribution is -0.139. The molecule has 2 aliphatic heterocycles. The van der Waals surface area contributed by atoms with E-state index in [-0.39, 0.29) is 6.04 Å². The van der Waals surface area contributed by atoms with Gasteiger partial charge in [0.05, 0.1) is 12.6 Å². The van der Waals surface area contributed by atoms with E-state index >= 15 is 0 Å². The Bertz CT molecular complexity index is 311. The molecule has 4 heteroatoms. The summed E-state index contributed by atoms with van der Waals surface area (Å²) in [5.41, 5.74) is 0. The zero-order valence-electron chi connectivity index (χ0n) is 11.2. The number of nitrogens with zero attached hydrogens (tertiary/aromatic N) is 1. The van der Waals surface area contributed by atoms with Crippen molar-refractivity contribution in [3.05, 3.63) is 0 Å². The summed E-state index contributed by atoms with van der Waals surface area (Å²) in [6.45, 7) is 4.81. The molecule has 102 valence electrons. The molecule has 0 spiro atoms. The van der Waals surface area contributed by atoms with Gasteiger partial charge in [-0.15, -0.1) is 0 Å². The third kappa shape index (κ3) is 2.54. The van der Waals surface area contributed by atoms with E-state index < -0.39 is 0 Å². The van der Waals surface area contributed by atoms with Crippen LogP contribution >= 0.6 is 0 Å². The summed E-state index contributed by atoms with van der Waals surface area (Å²) in [5.74, 6) is 0.862. The Balaban J connectivity index is 1.61. The molecule has 0 aromatic heterocycles. The van der Waals surface area contributed by atoms with Gasteiger partial charge in [-0.2, -0.15) is 0 Å². The van der Waals surface area contributed by atoms with Gasteiger partial charge in [-0.3, -0.25) is 4.79 Å². The van der Waals surface area contributed by atoms with Crippen molar-refractivity contribution >= 4 is 5.91 Å². The number of amides is 1. The van der Waals surface area contributed by atoms with E-state index in [1.165, 1.54) is 12.8 Å². The average molecular weight is 252 g/mol. The van der Waals surface area contributed by atoms with Gasteiger partial charge >= 0.3 is 0 Å². The molecule has 4 nitrogen and oxygen atoms in total. The first-order chi connectivity index (χ1) is 8.75. The molecule has 1 amide bonds. The molecule has 3 rings (SSSR count). The Labute approximate surface area is 109 Å². The van der Waals surface area contributed by atoms with Crippen molar-refractivity contribution in [3.8, 4) is 0 Å². The van der Waals surface area contributed by atoms with Gasteiger partial charge in [-0.1, -0.05) is 0 Å². The minimum atomic E-state index is 0.0796. The Kier molecular flexibility index (Phi) is 3.57. The number of likely N-dealkylation sites (tertiary alicyclic amines) is 1. The van der Waals surface area contributed by atoms with Gasteiger partial charge in [-0.05, 0) is 39.0 Å². The molecular formula is C14H24N2O2. The number of ether oxygens (including phenoxy) is 1. The van der Waals surface area contributed by atoms with Crippen molar-refractivity contribution in [2.45, 2.75) is 57.2 Å². The summed E-state index contributed by atoms with van der Waals surface area (Å²) >= 11 is 0. The zero-order chi connectivity index (χ0) is 12.5. The minimum absolute atomic E-state index is 0.0796. The lowest BCUT2D eigenvalue weighted by atomic mass is 9.95. The second-order valence-corrected chi connectivity index (χ2v) is 6.03. The predicted octanol–water partition coefficient (Wildman–Crippen LogP) is 1.15. The van der Waals surface area contributed by atoms with Crippen molar-refractivity contribution in [3.63, 3.8) is 0 Å². The third-order valence-corrected chi connectivity index (χ3v) is 4.63. The SMILES string of the molecule is CC(C1CCOC1)N1CCCC(NC2CC2)C1=O. The minimum Gasteiger partial charge on any atom is -0.381 e. The number of rotatable bonds is 4. The van der Waals surface area contributed by atoms with Gasteiger partial charge in [0.2, 0.25) is 5.91 Å². The summed E-state index contributed by atoms with van der Waals surface area (Å²) in [6, 6.07) is 1.03. The van der Waals surface area contributed by atoms with E-state index in [0.717, 1.165) is 39.0 Å². The standard InChI is InChI=1S/C14H24N2O2/c1-10(11-6-8-18-9-11)16-7-2-3-13(14(16)17)15-12-4-5-12/h10-13,15H,2-9H2,1H3. The molecule has 3 aliphatic rings. The fourth-order valence-corrected chi connectivity index (χ4v) is 3.18. The molecule has 3 unspecified atom stereocenters. The summed E-state index contributed by atoms with van der Waals surface area (Å²) in [5, 5.41) is 3.50. The molecule has 0 bridgehead atoms. The zero-order valence-corrected chi connectivity index (χ0v) is 11.2. The summed E-state index contributed by atoms with van der Waals surface area (Å²) in [6.07, 6.45) is 5.74. The monoisotopic (exact) mass is 252 g/mol. The van der Waals surface area contributed by atoms with Crippen LogP contribution in [0, 0.1) is 5.92 Å². The van der Waals surface area contributed by atoms with Crippen LogP contribution in [0.4, 0.5) is 0 Å². The summed E-state index contributed by atoms with van der Waals surface area (Å²) in [4.78, 5) is 14.6. The number of hydrogen-bond acceptors (Lipinski definition) is 3. The van der Waals surface area contributed by atoms with Crippen molar-refractivity contribution in [2.24, 2.45) is 5.92 Å². The van der Waals surface area contributed by atoms with Gasteiger partial charge < -0.3 is 15.0 Å². The molecule has 1 aliphatic carbocycles. The van der Waals surface area contributed by atoms with Crippen LogP contribution in [-0.4, -0.2) is 48.7 Å². The molecule has 0 aromatic rings. The highest BCUT2D eigenvalue weighted by Gasteiger charge is 2.37. The topological polar surface area (TPSA) is 41.6 Å². The molecule has 3 atom stereocenters. The van der Waals surface area contributed by atoms with E-state index in [4.69, 9.17) is 4.74 Å². The number of nitrogens with one attached hydrogen (secondary N) is 1. The molecule has 2 heterocycles. The average Bonchev–Trinajstić information content (AvgIpc) is 3.02. The normalized spacial score (nSPS) is 34.9. The molecular weight excluding hydrogens is 228 g/mol. The van der Waals surface area contributed by atoms with Gasteiger partial charge in [0, 0.05) is 31.2 Å². The lowest BCUT2D eigenvalue weighted by Gasteiger charge is -2.39. The second-order valence-electron chi connectivity index (χ2n) is 6.03. The van der Waals surface area contributed by atoms with Gasteiger partial charge in [0.25, 0.3) is 0 Å². The molecule has 0 aromatic carbocycles. The highest BCUT2D eigenvalue weighted by Crippen LogP contribution is 2.26. The molecule has 18 heavy (non-hydrogen) atoms. The molecule has 1 saturated carbocycles. The predicted molar refractivity (Wildman–Crippen MR) is 69.3 cm³/mol. The quantitative estimate of drug-likeness (QED) is 0.816. The maximum atomic E-state index is 12.5. The van der Waals surface area contributed by atoms with Crippen LogP contribution in [-0.2, 0) is 9.53 Å². The van der Waals surface area contributed by atoms with E-state index in [2.05, 4.69) is 17.1 Å². The van der Waals surface area contributed by atoms with Crippen LogP contribution in [0.25, 0.3) is 0 Å². The fraction of sp³-hybridized carbons (Fsp3) is 0.929. The van der Waals surface area contributed by atoms with Crippen LogP contribution in [0.3, 0.4) is 0 Å². The Hall–Kier alpha value is -0.610. The lowest BCUT2D eigenvalue weighted by Crippen LogP contribution is -2.55.